The number of fused-ring (bicyclic) bond motifs is 9. The maximum absolute atomic E-state index is 10.2. The van der Waals surface area contributed by atoms with Gasteiger partial charge in [-0.25, -0.2) is 0 Å². The molecule has 3 aromatic heterocycles. The van der Waals surface area contributed by atoms with Gasteiger partial charge in [0.25, 0.3) is 0 Å². The summed E-state index contributed by atoms with van der Waals surface area (Å²) in [4.78, 5) is 4.87. The van der Waals surface area contributed by atoms with Crippen LogP contribution >= 0.6 is 11.3 Å². The quantitative estimate of drug-likeness (QED) is 0.201. The minimum absolute atomic E-state index is 0.639. The van der Waals surface area contributed by atoms with Gasteiger partial charge in [0.1, 0.15) is 0 Å². The summed E-state index contributed by atoms with van der Waals surface area (Å²) >= 11 is 1.80. The molecule has 0 aliphatic rings. The molecule has 0 fully saturated rings. The van der Waals surface area contributed by atoms with E-state index in [1.807, 2.05) is 12.1 Å². The number of aromatic nitrogens is 2. The number of benzene rings is 6. The first-order chi connectivity index (χ1) is 20.8. The highest BCUT2D eigenvalue weighted by Crippen LogP contribution is 2.42. The largest absolute Gasteiger partial charge is 0.309 e. The Balaban J connectivity index is 1.39. The molecule has 4 heteroatoms. The van der Waals surface area contributed by atoms with Gasteiger partial charge in [0.2, 0.25) is 0 Å². The van der Waals surface area contributed by atoms with E-state index in [0.717, 1.165) is 44.0 Å². The number of hydrogen-bond acceptors (Lipinski definition) is 3. The zero-order valence-corrected chi connectivity index (χ0v) is 23.2. The minimum atomic E-state index is 0.639. The molecule has 6 aromatic carbocycles. The Kier molecular flexibility index (Phi) is 4.84. The van der Waals surface area contributed by atoms with Crippen LogP contribution in [-0.2, 0) is 0 Å². The van der Waals surface area contributed by atoms with Crippen LogP contribution in [0.4, 0.5) is 0 Å². The predicted molar refractivity (Wildman–Crippen MR) is 177 cm³/mol. The van der Waals surface area contributed by atoms with Crippen molar-refractivity contribution in [1.29, 1.82) is 5.26 Å². The fourth-order valence-electron chi connectivity index (χ4n) is 6.60. The van der Waals surface area contributed by atoms with Crippen molar-refractivity contribution >= 4 is 75.0 Å². The highest BCUT2D eigenvalue weighted by Gasteiger charge is 2.18. The maximum Gasteiger partial charge on any atom is 0.0999 e. The molecule has 0 saturated carbocycles. The molecule has 0 spiro atoms. The first kappa shape index (κ1) is 23.2. The molecular formula is C38H21N3S. The van der Waals surface area contributed by atoms with Crippen molar-refractivity contribution in [3.05, 3.63) is 133 Å². The van der Waals surface area contributed by atoms with Crippen LogP contribution < -0.4 is 0 Å². The van der Waals surface area contributed by atoms with Crippen LogP contribution in [0.3, 0.4) is 0 Å². The average Bonchev–Trinajstić information content (AvgIpc) is 3.58. The van der Waals surface area contributed by atoms with E-state index in [1.54, 1.807) is 17.5 Å². The summed E-state index contributed by atoms with van der Waals surface area (Å²) in [5.41, 5.74) is 7.07. The van der Waals surface area contributed by atoms with E-state index >= 15 is 0 Å². The molecule has 0 bridgehead atoms. The lowest BCUT2D eigenvalue weighted by atomic mass is 9.92. The first-order valence-electron chi connectivity index (χ1n) is 13.9. The second-order valence-electron chi connectivity index (χ2n) is 10.7. The van der Waals surface area contributed by atoms with E-state index in [2.05, 4.69) is 120 Å². The first-order valence-corrected chi connectivity index (χ1v) is 14.8. The van der Waals surface area contributed by atoms with Gasteiger partial charge in [-0.3, -0.25) is 4.98 Å². The third-order valence-corrected chi connectivity index (χ3v) is 9.58. The summed E-state index contributed by atoms with van der Waals surface area (Å²) in [5, 5.41) is 18.2. The number of rotatable bonds is 2. The van der Waals surface area contributed by atoms with E-state index in [9.17, 15) is 5.26 Å². The van der Waals surface area contributed by atoms with Crippen molar-refractivity contribution < 1.29 is 0 Å². The normalized spacial score (nSPS) is 11.8. The van der Waals surface area contributed by atoms with Crippen LogP contribution in [-0.4, -0.2) is 9.55 Å². The Morgan fingerprint density at radius 3 is 2.29 bits per heavy atom. The third-order valence-electron chi connectivity index (χ3n) is 8.44. The Morgan fingerprint density at radius 2 is 1.40 bits per heavy atom. The van der Waals surface area contributed by atoms with Crippen LogP contribution in [0, 0.1) is 11.3 Å². The standard InChI is InChI=1S/C38H21N3S/c39-22-24-16-17-40-38-30-21-36-32(28-11-5-7-13-35(28)42-36)20-25(30)19-29(37(24)38)23-14-15-34-31(18-23)27-10-4-6-12-33(27)41(34)26-8-2-1-3-9-26/h1-21H. The number of thiophene rings is 1. The lowest BCUT2D eigenvalue weighted by molar-refractivity contribution is 1.18. The van der Waals surface area contributed by atoms with Crippen molar-refractivity contribution in [2.24, 2.45) is 0 Å². The van der Waals surface area contributed by atoms with E-state index in [4.69, 9.17) is 4.98 Å². The summed E-state index contributed by atoms with van der Waals surface area (Å²) < 4.78 is 4.84. The minimum Gasteiger partial charge on any atom is -0.309 e. The molecule has 0 amide bonds. The molecule has 0 saturated heterocycles. The number of para-hydroxylation sites is 2. The van der Waals surface area contributed by atoms with Crippen molar-refractivity contribution in [3.63, 3.8) is 0 Å². The van der Waals surface area contributed by atoms with Crippen LogP contribution in [0.5, 0.6) is 0 Å². The SMILES string of the molecule is N#Cc1ccnc2c1c(-c1ccc3c(c1)c1ccccc1n3-c1ccccc1)cc1cc3c(cc12)sc1ccccc13. The van der Waals surface area contributed by atoms with E-state index in [1.165, 1.54) is 36.5 Å². The maximum atomic E-state index is 10.2. The van der Waals surface area contributed by atoms with Gasteiger partial charge in [-0.2, -0.15) is 5.26 Å². The molecule has 0 aliphatic heterocycles. The molecule has 0 radical (unpaired) electrons. The van der Waals surface area contributed by atoms with Crippen molar-refractivity contribution in [2.75, 3.05) is 0 Å². The van der Waals surface area contributed by atoms with E-state index < -0.39 is 0 Å². The molecule has 9 rings (SSSR count). The Labute approximate surface area is 245 Å². The monoisotopic (exact) mass is 551 g/mol. The zero-order valence-electron chi connectivity index (χ0n) is 22.4. The molecule has 194 valence electrons. The summed E-state index contributed by atoms with van der Waals surface area (Å²) in [6.07, 6.45) is 1.76. The van der Waals surface area contributed by atoms with E-state index in [-0.39, 0.29) is 0 Å². The zero-order chi connectivity index (χ0) is 27.8. The number of nitrogens with zero attached hydrogens (tertiary/aromatic N) is 3. The summed E-state index contributed by atoms with van der Waals surface area (Å²) in [7, 11) is 0. The topological polar surface area (TPSA) is 41.6 Å². The van der Waals surface area contributed by atoms with Gasteiger partial charge in [-0.05, 0) is 77.2 Å². The van der Waals surface area contributed by atoms with Gasteiger partial charge >= 0.3 is 0 Å². The second kappa shape index (κ2) is 8.75. The van der Waals surface area contributed by atoms with Crippen molar-refractivity contribution in [3.8, 4) is 22.9 Å². The number of hydrogen-bond donors (Lipinski definition) is 0. The number of nitriles is 1. The molecule has 42 heavy (non-hydrogen) atoms. The molecule has 0 N–H and O–H groups in total. The fraction of sp³-hybridized carbons (Fsp3) is 0. The van der Waals surface area contributed by atoms with Crippen LogP contribution in [0.15, 0.2) is 128 Å². The van der Waals surface area contributed by atoms with Gasteiger partial charge in [0, 0.05) is 53.6 Å². The highest BCUT2D eigenvalue weighted by atomic mass is 32.1. The molecular weight excluding hydrogens is 531 g/mol. The lowest BCUT2D eigenvalue weighted by Crippen LogP contribution is -1.93. The highest BCUT2D eigenvalue weighted by molar-refractivity contribution is 7.25. The fourth-order valence-corrected chi connectivity index (χ4v) is 7.72. The Hall–Kier alpha value is -5.50. The molecule has 0 atom stereocenters. The predicted octanol–water partition coefficient (Wildman–Crippen LogP) is 10.4. The summed E-state index contributed by atoms with van der Waals surface area (Å²) in [6.45, 7) is 0. The van der Waals surface area contributed by atoms with Gasteiger partial charge in [0.05, 0.1) is 28.2 Å². The Morgan fingerprint density at radius 1 is 0.619 bits per heavy atom. The third kappa shape index (κ3) is 3.23. The van der Waals surface area contributed by atoms with Gasteiger partial charge < -0.3 is 4.57 Å². The van der Waals surface area contributed by atoms with E-state index in [0.29, 0.717) is 5.56 Å². The molecule has 3 nitrogen and oxygen atoms in total. The second-order valence-corrected chi connectivity index (χ2v) is 11.8. The van der Waals surface area contributed by atoms with Crippen molar-refractivity contribution in [1.82, 2.24) is 9.55 Å². The molecule has 0 aliphatic carbocycles. The molecule has 3 heterocycles. The van der Waals surface area contributed by atoms with Gasteiger partial charge in [0.15, 0.2) is 0 Å². The van der Waals surface area contributed by atoms with Crippen LogP contribution in [0.2, 0.25) is 0 Å². The van der Waals surface area contributed by atoms with Crippen molar-refractivity contribution in [2.45, 2.75) is 0 Å². The molecule has 9 aromatic rings. The van der Waals surface area contributed by atoms with Gasteiger partial charge in [-0.15, -0.1) is 11.3 Å². The van der Waals surface area contributed by atoms with Gasteiger partial charge in [-0.1, -0.05) is 60.7 Å². The summed E-state index contributed by atoms with van der Waals surface area (Å²) in [6, 6.07) is 45.4. The average molecular weight is 552 g/mol. The van der Waals surface area contributed by atoms with Crippen LogP contribution in [0.1, 0.15) is 5.56 Å². The molecule has 0 unspecified atom stereocenters. The Bertz CT molecular complexity index is 2580. The lowest BCUT2D eigenvalue weighted by Gasteiger charge is -2.13. The smallest absolute Gasteiger partial charge is 0.0999 e. The summed E-state index contributed by atoms with van der Waals surface area (Å²) in [5.74, 6) is 0. The van der Waals surface area contributed by atoms with Crippen LogP contribution in [0.25, 0.3) is 80.5 Å². The number of pyridine rings is 1.